The van der Waals surface area contributed by atoms with E-state index >= 15 is 0 Å². The highest BCUT2D eigenvalue weighted by atomic mass is 16.4. The summed E-state index contributed by atoms with van der Waals surface area (Å²) in [4.78, 5) is 35.3. The van der Waals surface area contributed by atoms with Gasteiger partial charge in [0.15, 0.2) is 0 Å². The molecule has 1 aliphatic heterocycles. The lowest BCUT2D eigenvalue weighted by Crippen LogP contribution is -2.63. The molecule has 0 aromatic carbocycles. The number of carboxylic acid groups (broad SMARTS) is 1. The van der Waals surface area contributed by atoms with Crippen molar-refractivity contribution in [3.05, 3.63) is 0 Å². The molecule has 118 valence electrons. The fraction of sp³-hybridized carbons (Fsp3) is 0.800. The number of amides is 3. The highest BCUT2D eigenvalue weighted by Crippen LogP contribution is 2.26. The number of nitrogens with zero attached hydrogens (tertiary/aromatic N) is 1. The molecule has 2 N–H and O–H groups in total. The maximum Gasteiger partial charge on any atom is 0.327 e. The van der Waals surface area contributed by atoms with Gasteiger partial charge in [-0.3, -0.25) is 4.79 Å². The molecule has 0 aromatic rings. The molecule has 2 rings (SSSR count). The summed E-state index contributed by atoms with van der Waals surface area (Å²) in [6.07, 6.45) is 8.19. The van der Waals surface area contributed by atoms with Crippen molar-refractivity contribution in [3.63, 3.8) is 0 Å². The summed E-state index contributed by atoms with van der Waals surface area (Å²) < 4.78 is 0. The van der Waals surface area contributed by atoms with Gasteiger partial charge >= 0.3 is 12.0 Å². The van der Waals surface area contributed by atoms with Crippen LogP contribution in [0.3, 0.4) is 0 Å². The number of nitrogens with one attached hydrogen (secondary N) is 1. The van der Waals surface area contributed by atoms with Gasteiger partial charge in [-0.15, -0.1) is 0 Å². The van der Waals surface area contributed by atoms with E-state index in [0.29, 0.717) is 5.92 Å². The first kappa shape index (κ1) is 15.8. The van der Waals surface area contributed by atoms with Crippen LogP contribution >= 0.6 is 0 Å². The van der Waals surface area contributed by atoms with Gasteiger partial charge in [-0.05, 0) is 25.7 Å². The van der Waals surface area contributed by atoms with Crippen LogP contribution in [0.5, 0.6) is 0 Å². The van der Waals surface area contributed by atoms with Crippen LogP contribution in [0.4, 0.5) is 4.79 Å². The molecule has 1 aliphatic carbocycles. The van der Waals surface area contributed by atoms with Crippen LogP contribution in [0.2, 0.25) is 0 Å². The van der Waals surface area contributed by atoms with Gasteiger partial charge in [0.05, 0.1) is 6.42 Å². The minimum Gasteiger partial charge on any atom is -0.480 e. The van der Waals surface area contributed by atoms with Gasteiger partial charge in [0.1, 0.15) is 6.04 Å². The number of aliphatic carboxylic acids is 1. The van der Waals surface area contributed by atoms with Crippen molar-refractivity contribution in [1.82, 2.24) is 10.2 Å². The lowest BCUT2D eigenvalue weighted by molar-refractivity contribution is -0.157. The first-order valence-electron chi connectivity index (χ1n) is 7.86. The van der Waals surface area contributed by atoms with Gasteiger partial charge in [0, 0.05) is 6.04 Å². The number of β-lactam (4-membered cyclic amide) rings is 1. The van der Waals surface area contributed by atoms with Crippen molar-refractivity contribution in [3.8, 4) is 0 Å². The van der Waals surface area contributed by atoms with Crippen LogP contribution in [0.1, 0.15) is 58.3 Å². The largest absolute Gasteiger partial charge is 0.480 e. The Morgan fingerprint density at radius 3 is 2.29 bits per heavy atom. The quantitative estimate of drug-likeness (QED) is 0.781. The Bertz CT molecular complexity index is 416. The van der Waals surface area contributed by atoms with Crippen LogP contribution in [0.25, 0.3) is 0 Å². The second-order valence-corrected chi connectivity index (χ2v) is 6.17. The van der Waals surface area contributed by atoms with Crippen molar-refractivity contribution >= 4 is 17.9 Å². The molecule has 21 heavy (non-hydrogen) atoms. The van der Waals surface area contributed by atoms with Crippen LogP contribution in [-0.4, -0.2) is 40.0 Å². The fourth-order valence-electron chi connectivity index (χ4n) is 3.24. The number of urea groups is 1. The second kappa shape index (κ2) is 6.91. The molecule has 2 aliphatic rings. The molecular formula is C15H24N2O4. The van der Waals surface area contributed by atoms with Crippen molar-refractivity contribution in [1.29, 1.82) is 0 Å². The van der Waals surface area contributed by atoms with Gasteiger partial charge in [-0.2, -0.15) is 0 Å². The maximum absolute atomic E-state index is 12.1. The SMILES string of the molecule is CC(NC(=O)N1C(=O)CC1C(=O)O)C1CCCCCCC1. The molecule has 0 radical (unpaired) electrons. The van der Waals surface area contributed by atoms with E-state index in [1.54, 1.807) is 0 Å². The Balaban J connectivity index is 1.88. The first-order chi connectivity index (χ1) is 10.0. The Labute approximate surface area is 124 Å². The molecule has 0 aromatic heterocycles. The number of imide groups is 1. The normalized spacial score (nSPS) is 25.5. The molecule has 1 saturated carbocycles. The number of carbonyl (C=O) groups is 3. The number of carbonyl (C=O) groups excluding carboxylic acids is 2. The van der Waals surface area contributed by atoms with Crippen LogP contribution in [0, 0.1) is 5.92 Å². The lowest BCUT2D eigenvalue weighted by atomic mass is 9.86. The minimum absolute atomic E-state index is 0.0292. The average molecular weight is 296 g/mol. The van der Waals surface area contributed by atoms with Crippen LogP contribution in [0.15, 0.2) is 0 Å². The van der Waals surface area contributed by atoms with E-state index in [2.05, 4.69) is 5.32 Å². The summed E-state index contributed by atoms with van der Waals surface area (Å²) in [5.41, 5.74) is 0. The summed E-state index contributed by atoms with van der Waals surface area (Å²) in [5.74, 6) is -1.12. The summed E-state index contributed by atoms with van der Waals surface area (Å²) in [6.45, 7) is 1.95. The van der Waals surface area contributed by atoms with Crippen LogP contribution in [-0.2, 0) is 9.59 Å². The molecule has 3 amide bonds. The summed E-state index contributed by atoms with van der Waals surface area (Å²) >= 11 is 0. The molecule has 2 unspecified atom stereocenters. The third kappa shape index (κ3) is 3.74. The molecule has 2 atom stereocenters. The van der Waals surface area contributed by atoms with Gasteiger partial charge in [-0.25, -0.2) is 14.5 Å². The summed E-state index contributed by atoms with van der Waals surface area (Å²) in [6, 6.07) is -1.59. The van der Waals surface area contributed by atoms with Crippen molar-refractivity contribution in [2.45, 2.75) is 70.4 Å². The Kier molecular flexibility index (Phi) is 5.20. The van der Waals surface area contributed by atoms with Crippen LogP contribution < -0.4 is 5.32 Å². The maximum atomic E-state index is 12.1. The van der Waals surface area contributed by atoms with E-state index in [0.717, 1.165) is 17.7 Å². The Hall–Kier alpha value is -1.59. The van der Waals surface area contributed by atoms with Crippen molar-refractivity contribution < 1.29 is 19.5 Å². The number of rotatable bonds is 3. The molecule has 0 spiro atoms. The first-order valence-corrected chi connectivity index (χ1v) is 7.86. The zero-order valence-electron chi connectivity index (χ0n) is 12.5. The van der Waals surface area contributed by atoms with E-state index in [4.69, 9.17) is 5.11 Å². The van der Waals surface area contributed by atoms with E-state index in [9.17, 15) is 14.4 Å². The van der Waals surface area contributed by atoms with Gasteiger partial charge in [-0.1, -0.05) is 32.1 Å². The predicted octanol–water partition coefficient (Wildman–Crippen LogP) is 2.13. The number of hydrogen-bond acceptors (Lipinski definition) is 3. The monoisotopic (exact) mass is 296 g/mol. The number of hydrogen-bond donors (Lipinski definition) is 2. The lowest BCUT2D eigenvalue weighted by Gasteiger charge is -2.37. The minimum atomic E-state index is -1.12. The van der Waals surface area contributed by atoms with Crippen molar-refractivity contribution in [2.24, 2.45) is 5.92 Å². The Morgan fingerprint density at radius 1 is 1.19 bits per heavy atom. The van der Waals surface area contributed by atoms with E-state index in [1.807, 2.05) is 6.92 Å². The topological polar surface area (TPSA) is 86.7 Å². The van der Waals surface area contributed by atoms with Gasteiger partial charge < -0.3 is 10.4 Å². The smallest absolute Gasteiger partial charge is 0.327 e. The summed E-state index contributed by atoms with van der Waals surface area (Å²) in [5, 5.41) is 11.8. The predicted molar refractivity (Wildman–Crippen MR) is 76.7 cm³/mol. The Morgan fingerprint density at radius 2 is 1.76 bits per heavy atom. The molecule has 1 heterocycles. The zero-order valence-corrected chi connectivity index (χ0v) is 12.5. The number of likely N-dealkylation sites (tertiary alicyclic amines) is 1. The van der Waals surface area contributed by atoms with E-state index < -0.39 is 23.9 Å². The van der Waals surface area contributed by atoms with Gasteiger partial charge in [0.2, 0.25) is 5.91 Å². The number of carboxylic acids is 1. The molecule has 0 bridgehead atoms. The van der Waals surface area contributed by atoms with E-state index in [-0.39, 0.29) is 12.5 Å². The third-order valence-corrected chi connectivity index (χ3v) is 4.66. The van der Waals surface area contributed by atoms with Gasteiger partial charge in [0.25, 0.3) is 0 Å². The average Bonchev–Trinajstić information content (AvgIpc) is 2.34. The highest BCUT2D eigenvalue weighted by Gasteiger charge is 2.46. The summed E-state index contributed by atoms with van der Waals surface area (Å²) in [7, 11) is 0. The highest BCUT2D eigenvalue weighted by molar-refractivity contribution is 6.05. The molecule has 1 saturated heterocycles. The van der Waals surface area contributed by atoms with E-state index in [1.165, 1.54) is 32.1 Å². The molecule has 2 fully saturated rings. The molecular weight excluding hydrogens is 272 g/mol. The third-order valence-electron chi connectivity index (χ3n) is 4.66. The molecule has 6 heteroatoms. The zero-order chi connectivity index (χ0) is 15.4. The molecule has 6 nitrogen and oxygen atoms in total. The fourth-order valence-corrected chi connectivity index (χ4v) is 3.24. The van der Waals surface area contributed by atoms with Crippen molar-refractivity contribution in [2.75, 3.05) is 0 Å². The second-order valence-electron chi connectivity index (χ2n) is 6.17. The standard InChI is InChI=1S/C15H24N2O4/c1-10(11-7-5-3-2-4-6-8-11)16-15(21)17-12(14(19)20)9-13(17)18/h10-12H,2-9H2,1H3,(H,16,21)(H,19,20).